The first kappa shape index (κ1) is 15.1. The van der Waals surface area contributed by atoms with E-state index in [-0.39, 0.29) is 12.4 Å². The van der Waals surface area contributed by atoms with Gasteiger partial charge in [-0.1, -0.05) is 36.8 Å². The van der Waals surface area contributed by atoms with Crippen LogP contribution in [0, 0.1) is 6.92 Å². The zero-order valence-corrected chi connectivity index (χ0v) is 12.5. The molecule has 110 valence electrons. The predicted molar refractivity (Wildman–Crippen MR) is 83.2 cm³/mol. The molecule has 0 atom stereocenters. The Morgan fingerprint density at radius 2 is 1.48 bits per heavy atom. The van der Waals surface area contributed by atoms with Crippen LogP contribution in [0.1, 0.15) is 29.3 Å². The standard InChI is InChI=1S/C18H20O3/c1-3-12-20-16-8-10-17(11-9-16)21-13-18(19)15-6-4-14(2)5-7-15/h4-11H,3,12-13H2,1-2H3. The molecule has 0 fully saturated rings. The van der Waals surface area contributed by atoms with Gasteiger partial charge in [0.05, 0.1) is 6.61 Å². The Kier molecular flexibility index (Phi) is 5.38. The van der Waals surface area contributed by atoms with Gasteiger partial charge in [0.1, 0.15) is 11.5 Å². The van der Waals surface area contributed by atoms with Crippen molar-refractivity contribution in [2.75, 3.05) is 13.2 Å². The maximum absolute atomic E-state index is 12.0. The highest BCUT2D eigenvalue weighted by Crippen LogP contribution is 2.18. The van der Waals surface area contributed by atoms with Crippen molar-refractivity contribution in [1.82, 2.24) is 0 Å². The van der Waals surface area contributed by atoms with Crippen LogP contribution < -0.4 is 9.47 Å². The third-order valence-corrected chi connectivity index (χ3v) is 3.04. The quantitative estimate of drug-likeness (QED) is 0.720. The number of hydrogen-bond acceptors (Lipinski definition) is 3. The smallest absolute Gasteiger partial charge is 0.200 e. The summed E-state index contributed by atoms with van der Waals surface area (Å²) < 4.78 is 11.0. The molecule has 3 heteroatoms. The zero-order valence-electron chi connectivity index (χ0n) is 12.5. The average molecular weight is 284 g/mol. The SMILES string of the molecule is CCCOc1ccc(OCC(=O)c2ccc(C)cc2)cc1. The number of rotatable bonds is 7. The summed E-state index contributed by atoms with van der Waals surface area (Å²) in [5, 5.41) is 0. The molecular weight excluding hydrogens is 264 g/mol. The molecular formula is C18H20O3. The molecule has 0 saturated heterocycles. The van der Waals surface area contributed by atoms with Crippen molar-refractivity contribution < 1.29 is 14.3 Å². The van der Waals surface area contributed by atoms with Gasteiger partial charge in [0.25, 0.3) is 0 Å². The molecule has 0 aliphatic heterocycles. The number of carbonyl (C=O) groups excluding carboxylic acids is 1. The van der Waals surface area contributed by atoms with Crippen LogP contribution in [0.4, 0.5) is 0 Å². The highest BCUT2D eigenvalue weighted by atomic mass is 16.5. The number of Topliss-reactive ketones (excluding diaryl/α,β-unsaturated/α-hetero) is 1. The molecule has 2 aromatic rings. The van der Waals surface area contributed by atoms with Gasteiger partial charge in [-0.2, -0.15) is 0 Å². The number of ketones is 1. The molecule has 0 amide bonds. The van der Waals surface area contributed by atoms with Gasteiger partial charge in [-0.15, -0.1) is 0 Å². The molecule has 0 N–H and O–H groups in total. The van der Waals surface area contributed by atoms with E-state index in [4.69, 9.17) is 9.47 Å². The number of carbonyl (C=O) groups is 1. The van der Waals surface area contributed by atoms with E-state index in [1.54, 1.807) is 0 Å². The molecule has 2 aromatic carbocycles. The van der Waals surface area contributed by atoms with E-state index in [1.807, 2.05) is 55.5 Å². The Bertz CT molecular complexity index is 570. The molecule has 0 bridgehead atoms. The fraction of sp³-hybridized carbons (Fsp3) is 0.278. The van der Waals surface area contributed by atoms with Crippen molar-refractivity contribution in [3.05, 3.63) is 59.7 Å². The van der Waals surface area contributed by atoms with E-state index in [0.717, 1.165) is 17.7 Å². The third kappa shape index (κ3) is 4.63. The van der Waals surface area contributed by atoms with Gasteiger partial charge in [-0.05, 0) is 37.6 Å². The van der Waals surface area contributed by atoms with E-state index < -0.39 is 0 Å². The number of hydrogen-bond donors (Lipinski definition) is 0. The van der Waals surface area contributed by atoms with Crippen molar-refractivity contribution in [2.45, 2.75) is 20.3 Å². The zero-order chi connectivity index (χ0) is 15.1. The summed E-state index contributed by atoms with van der Waals surface area (Å²) in [4.78, 5) is 12.0. The maximum Gasteiger partial charge on any atom is 0.200 e. The van der Waals surface area contributed by atoms with E-state index in [1.165, 1.54) is 0 Å². The van der Waals surface area contributed by atoms with Crippen LogP contribution in [0.25, 0.3) is 0 Å². The molecule has 0 aliphatic rings. The first-order chi connectivity index (χ1) is 10.2. The van der Waals surface area contributed by atoms with Crippen LogP contribution in [0.15, 0.2) is 48.5 Å². The second-order valence-corrected chi connectivity index (χ2v) is 4.90. The lowest BCUT2D eigenvalue weighted by atomic mass is 10.1. The van der Waals surface area contributed by atoms with Crippen LogP contribution in [0.5, 0.6) is 11.5 Å². The Labute approximate surface area is 125 Å². The normalized spacial score (nSPS) is 10.2. The summed E-state index contributed by atoms with van der Waals surface area (Å²) in [6.45, 7) is 4.80. The number of benzene rings is 2. The van der Waals surface area contributed by atoms with Crippen molar-refractivity contribution in [3.63, 3.8) is 0 Å². The van der Waals surface area contributed by atoms with Crippen molar-refractivity contribution in [3.8, 4) is 11.5 Å². The van der Waals surface area contributed by atoms with Gasteiger partial charge in [0, 0.05) is 5.56 Å². The van der Waals surface area contributed by atoms with Gasteiger partial charge in [-0.25, -0.2) is 0 Å². The molecule has 0 radical (unpaired) electrons. The second kappa shape index (κ2) is 7.48. The fourth-order valence-electron chi connectivity index (χ4n) is 1.82. The topological polar surface area (TPSA) is 35.5 Å². The minimum atomic E-state index is -0.0266. The lowest BCUT2D eigenvalue weighted by Gasteiger charge is -2.08. The van der Waals surface area contributed by atoms with Gasteiger partial charge in [0.2, 0.25) is 0 Å². The maximum atomic E-state index is 12.0. The van der Waals surface area contributed by atoms with Gasteiger partial charge in [0.15, 0.2) is 12.4 Å². The van der Waals surface area contributed by atoms with Crippen LogP contribution in [-0.4, -0.2) is 19.0 Å². The van der Waals surface area contributed by atoms with E-state index in [0.29, 0.717) is 17.9 Å². The van der Waals surface area contributed by atoms with Crippen molar-refractivity contribution in [2.24, 2.45) is 0 Å². The highest BCUT2D eigenvalue weighted by molar-refractivity contribution is 5.97. The van der Waals surface area contributed by atoms with Crippen molar-refractivity contribution >= 4 is 5.78 Å². The van der Waals surface area contributed by atoms with Crippen LogP contribution in [-0.2, 0) is 0 Å². The molecule has 0 aliphatic carbocycles. The molecule has 0 unspecified atom stereocenters. The van der Waals surface area contributed by atoms with Gasteiger partial charge in [-0.3, -0.25) is 4.79 Å². The van der Waals surface area contributed by atoms with E-state index in [2.05, 4.69) is 6.92 Å². The molecule has 0 saturated carbocycles. The molecule has 0 aromatic heterocycles. The Morgan fingerprint density at radius 1 is 0.905 bits per heavy atom. The number of ether oxygens (including phenoxy) is 2. The summed E-state index contributed by atoms with van der Waals surface area (Å²) in [5.74, 6) is 1.45. The van der Waals surface area contributed by atoms with E-state index >= 15 is 0 Å². The van der Waals surface area contributed by atoms with Crippen molar-refractivity contribution in [1.29, 1.82) is 0 Å². The Morgan fingerprint density at radius 3 is 2.05 bits per heavy atom. The first-order valence-electron chi connectivity index (χ1n) is 7.14. The predicted octanol–water partition coefficient (Wildman–Crippen LogP) is 4.05. The largest absolute Gasteiger partial charge is 0.494 e. The van der Waals surface area contributed by atoms with Crippen LogP contribution in [0.2, 0.25) is 0 Å². The number of aryl methyl sites for hydroxylation is 1. The molecule has 2 rings (SSSR count). The second-order valence-electron chi connectivity index (χ2n) is 4.90. The van der Waals surface area contributed by atoms with E-state index in [9.17, 15) is 4.79 Å². The molecule has 0 heterocycles. The highest BCUT2D eigenvalue weighted by Gasteiger charge is 2.06. The van der Waals surface area contributed by atoms with Gasteiger partial charge < -0.3 is 9.47 Å². The fourth-order valence-corrected chi connectivity index (χ4v) is 1.82. The summed E-state index contributed by atoms with van der Waals surface area (Å²) in [7, 11) is 0. The summed E-state index contributed by atoms with van der Waals surface area (Å²) in [6.07, 6.45) is 0.975. The lowest BCUT2D eigenvalue weighted by Crippen LogP contribution is -2.11. The average Bonchev–Trinajstić information content (AvgIpc) is 2.52. The van der Waals surface area contributed by atoms with Crippen LogP contribution in [0.3, 0.4) is 0 Å². The van der Waals surface area contributed by atoms with Gasteiger partial charge >= 0.3 is 0 Å². The Hall–Kier alpha value is -2.29. The molecule has 0 spiro atoms. The third-order valence-electron chi connectivity index (χ3n) is 3.04. The lowest BCUT2D eigenvalue weighted by molar-refractivity contribution is 0.0921. The van der Waals surface area contributed by atoms with Crippen LogP contribution >= 0.6 is 0 Å². The molecule has 3 nitrogen and oxygen atoms in total. The summed E-state index contributed by atoms with van der Waals surface area (Å²) in [6, 6.07) is 14.8. The summed E-state index contributed by atoms with van der Waals surface area (Å²) >= 11 is 0. The summed E-state index contributed by atoms with van der Waals surface area (Å²) in [5.41, 5.74) is 1.80. The minimum Gasteiger partial charge on any atom is -0.494 e. The minimum absolute atomic E-state index is 0.0266. The first-order valence-corrected chi connectivity index (χ1v) is 7.14. The Balaban J connectivity index is 1.87. The monoisotopic (exact) mass is 284 g/mol. The molecule has 21 heavy (non-hydrogen) atoms.